The van der Waals surface area contributed by atoms with Gasteiger partial charge in [0.1, 0.15) is 18.5 Å². The number of rotatable bonds is 11. The second-order valence-corrected chi connectivity index (χ2v) is 8.19. The summed E-state index contributed by atoms with van der Waals surface area (Å²) >= 11 is 0. The van der Waals surface area contributed by atoms with E-state index < -0.39 is 67.2 Å². The highest BCUT2D eigenvalue weighted by molar-refractivity contribution is 5.91. The van der Waals surface area contributed by atoms with Gasteiger partial charge in [-0.25, -0.2) is 4.79 Å². The van der Waals surface area contributed by atoms with E-state index in [1.54, 1.807) is 31.2 Å². The maximum atomic E-state index is 12.8. The van der Waals surface area contributed by atoms with E-state index in [1.165, 1.54) is 13.2 Å². The number of hydrogen-bond donors (Lipinski definition) is 0. The lowest BCUT2D eigenvalue weighted by Crippen LogP contribution is -2.63. The zero-order valence-electron chi connectivity index (χ0n) is 22.5. The van der Waals surface area contributed by atoms with Crippen LogP contribution in [0.1, 0.15) is 40.2 Å². The lowest BCUT2D eigenvalue weighted by atomic mass is 9.98. The van der Waals surface area contributed by atoms with Crippen LogP contribution in [0.15, 0.2) is 30.0 Å². The smallest absolute Gasteiger partial charge is 0.373 e. The summed E-state index contributed by atoms with van der Waals surface area (Å²) in [6.45, 7) is 5.59. The molecule has 1 heterocycles. The Hall–Kier alpha value is -4.13. The number of benzene rings is 1. The first kappa shape index (κ1) is 31.1. The van der Waals surface area contributed by atoms with Gasteiger partial charge in [0.25, 0.3) is 0 Å². The lowest BCUT2D eigenvalue weighted by Gasteiger charge is -2.43. The molecule has 39 heavy (non-hydrogen) atoms. The molecular weight excluding hydrogens is 520 g/mol. The molecule has 214 valence electrons. The van der Waals surface area contributed by atoms with E-state index in [1.807, 2.05) is 0 Å². The zero-order valence-corrected chi connectivity index (χ0v) is 22.5. The van der Waals surface area contributed by atoms with E-state index in [0.717, 1.165) is 27.7 Å². The van der Waals surface area contributed by atoms with Gasteiger partial charge in [0.2, 0.25) is 18.2 Å². The molecular formula is C26H32O13. The topological polar surface area (TPSA) is 159 Å². The molecule has 13 nitrogen and oxygen atoms in total. The molecule has 1 aliphatic heterocycles. The second-order valence-electron chi connectivity index (χ2n) is 8.19. The Morgan fingerprint density at radius 1 is 0.821 bits per heavy atom. The molecule has 1 aromatic rings. The molecule has 0 unspecified atom stereocenters. The fraction of sp³-hybridized carbons (Fsp3) is 0.500. The van der Waals surface area contributed by atoms with Crippen LogP contribution in [0.5, 0.6) is 5.75 Å². The molecule has 1 fully saturated rings. The summed E-state index contributed by atoms with van der Waals surface area (Å²) in [6.07, 6.45) is -5.87. The van der Waals surface area contributed by atoms with Gasteiger partial charge in [0.15, 0.2) is 12.2 Å². The monoisotopic (exact) mass is 552 g/mol. The molecule has 0 saturated carbocycles. The first-order valence-electron chi connectivity index (χ1n) is 11.9. The highest BCUT2D eigenvalue weighted by Gasteiger charge is 2.53. The van der Waals surface area contributed by atoms with Gasteiger partial charge in [0, 0.05) is 27.7 Å². The van der Waals surface area contributed by atoms with Gasteiger partial charge < -0.3 is 37.9 Å². The minimum Gasteiger partial charge on any atom is -0.497 e. The molecule has 0 aliphatic carbocycles. The van der Waals surface area contributed by atoms with Gasteiger partial charge >= 0.3 is 29.8 Å². The van der Waals surface area contributed by atoms with Gasteiger partial charge in [-0.15, -0.1) is 0 Å². The zero-order chi connectivity index (χ0) is 29.1. The number of methoxy groups -OCH3 is 1. The molecule has 0 spiro atoms. The van der Waals surface area contributed by atoms with Crippen molar-refractivity contribution in [2.75, 3.05) is 20.3 Å². The average molecular weight is 553 g/mol. The van der Waals surface area contributed by atoms with Crippen LogP contribution in [0.25, 0.3) is 6.08 Å². The predicted molar refractivity (Wildman–Crippen MR) is 131 cm³/mol. The van der Waals surface area contributed by atoms with Crippen LogP contribution in [0, 0.1) is 0 Å². The summed E-state index contributed by atoms with van der Waals surface area (Å²) in [5.41, 5.74) is 0.489. The first-order valence-corrected chi connectivity index (χ1v) is 11.9. The third-order valence-corrected chi connectivity index (χ3v) is 5.06. The molecule has 0 radical (unpaired) electrons. The number of esters is 5. The Morgan fingerprint density at radius 3 is 2.00 bits per heavy atom. The normalized spacial score (nSPS) is 22.6. The minimum absolute atomic E-state index is 0.0101. The predicted octanol–water partition coefficient (Wildman–Crippen LogP) is 1.70. The maximum absolute atomic E-state index is 12.8. The van der Waals surface area contributed by atoms with Crippen molar-refractivity contribution in [1.29, 1.82) is 0 Å². The molecule has 13 heteroatoms. The Kier molecular flexibility index (Phi) is 11.7. The summed E-state index contributed by atoms with van der Waals surface area (Å²) in [5.74, 6) is -3.81. The van der Waals surface area contributed by atoms with Crippen molar-refractivity contribution < 1.29 is 61.9 Å². The number of hydrogen-bond acceptors (Lipinski definition) is 13. The van der Waals surface area contributed by atoms with Crippen LogP contribution in [0.3, 0.4) is 0 Å². The molecule has 0 amide bonds. The van der Waals surface area contributed by atoms with Gasteiger partial charge in [0.05, 0.1) is 13.7 Å². The molecule has 5 atom stereocenters. The van der Waals surface area contributed by atoms with Gasteiger partial charge in [-0.05, 0) is 30.7 Å². The van der Waals surface area contributed by atoms with Crippen LogP contribution < -0.4 is 4.74 Å². The highest BCUT2D eigenvalue weighted by Crippen LogP contribution is 2.31. The second kappa shape index (κ2) is 14.7. The van der Waals surface area contributed by atoms with Gasteiger partial charge in [-0.2, -0.15) is 0 Å². The molecule has 1 aliphatic rings. The number of carbonyl (C=O) groups excluding carboxylic acids is 5. The van der Waals surface area contributed by atoms with Crippen molar-refractivity contribution in [1.82, 2.24) is 0 Å². The highest BCUT2D eigenvalue weighted by atomic mass is 16.7. The van der Waals surface area contributed by atoms with Crippen molar-refractivity contribution in [3.63, 3.8) is 0 Å². The fourth-order valence-corrected chi connectivity index (χ4v) is 3.63. The minimum atomic E-state index is -1.60. The SMILES string of the molecule is CCOC(=O)C(=Cc1cccc(OC)c1)O[C@H]1O[C@@H](COC(C)=O)[C@@H](OC(C)=O)[C@@H](OC(C)=O)[C@@H]1OC(C)=O. The van der Waals surface area contributed by atoms with E-state index in [4.69, 9.17) is 37.9 Å². The van der Waals surface area contributed by atoms with Crippen molar-refractivity contribution in [2.24, 2.45) is 0 Å². The van der Waals surface area contributed by atoms with Crippen molar-refractivity contribution in [3.8, 4) is 5.75 Å². The molecule has 1 saturated heterocycles. The Morgan fingerprint density at radius 2 is 1.44 bits per heavy atom. The van der Waals surface area contributed by atoms with Crippen molar-refractivity contribution in [3.05, 3.63) is 35.6 Å². The van der Waals surface area contributed by atoms with E-state index in [-0.39, 0.29) is 12.4 Å². The van der Waals surface area contributed by atoms with Crippen molar-refractivity contribution >= 4 is 35.9 Å². The Bertz CT molecular complexity index is 1080. The summed E-state index contributed by atoms with van der Waals surface area (Å²) < 4.78 is 43.2. The van der Waals surface area contributed by atoms with E-state index in [2.05, 4.69) is 0 Å². The molecule has 0 aromatic heterocycles. The lowest BCUT2D eigenvalue weighted by molar-refractivity contribution is -0.299. The van der Waals surface area contributed by atoms with Gasteiger partial charge in [-0.1, -0.05) is 12.1 Å². The maximum Gasteiger partial charge on any atom is 0.373 e. The first-order chi connectivity index (χ1) is 18.4. The molecule has 0 N–H and O–H groups in total. The van der Waals surface area contributed by atoms with E-state index >= 15 is 0 Å². The summed E-state index contributed by atoms with van der Waals surface area (Å²) in [7, 11) is 1.48. The summed E-state index contributed by atoms with van der Waals surface area (Å²) in [5, 5.41) is 0. The quantitative estimate of drug-likeness (QED) is 0.169. The van der Waals surface area contributed by atoms with Crippen LogP contribution in [0.2, 0.25) is 0 Å². The third kappa shape index (κ3) is 9.60. The van der Waals surface area contributed by atoms with Crippen LogP contribution in [-0.4, -0.2) is 80.9 Å². The number of ether oxygens (including phenoxy) is 8. The third-order valence-electron chi connectivity index (χ3n) is 5.06. The van der Waals surface area contributed by atoms with E-state index in [9.17, 15) is 24.0 Å². The Balaban J connectivity index is 2.59. The van der Waals surface area contributed by atoms with Crippen molar-refractivity contribution in [2.45, 2.75) is 65.3 Å². The summed E-state index contributed by atoms with van der Waals surface area (Å²) in [4.78, 5) is 60.3. The molecule has 2 rings (SSSR count). The largest absolute Gasteiger partial charge is 0.497 e. The van der Waals surface area contributed by atoms with Crippen LogP contribution >= 0.6 is 0 Å². The number of carbonyl (C=O) groups is 5. The Labute approximate surface area is 225 Å². The van der Waals surface area contributed by atoms with Gasteiger partial charge in [-0.3, -0.25) is 19.2 Å². The standard InChI is InChI=1S/C26H32O13/c1-7-33-25(31)20(12-18-9-8-10-19(11-18)32-6)38-26-24(37-17(5)30)23(36-16(4)29)22(35-15(3)28)21(39-26)13-34-14(2)27/h8-12,21-24,26H,7,13H2,1-6H3/t21-,22+,23+,24-,26-/m0/s1. The average Bonchev–Trinajstić information content (AvgIpc) is 2.85. The fourth-order valence-electron chi connectivity index (χ4n) is 3.63. The van der Waals surface area contributed by atoms with E-state index in [0.29, 0.717) is 11.3 Å². The molecule has 1 aromatic carbocycles. The van der Waals surface area contributed by atoms with Crippen LogP contribution in [-0.2, 0) is 57.1 Å². The van der Waals surface area contributed by atoms with Crippen LogP contribution in [0.4, 0.5) is 0 Å². The summed E-state index contributed by atoms with van der Waals surface area (Å²) in [6, 6.07) is 6.66. The molecule has 0 bridgehead atoms.